The minimum atomic E-state index is -0.780. The van der Waals surface area contributed by atoms with Crippen molar-refractivity contribution in [1.29, 1.82) is 0 Å². The third-order valence-corrected chi connectivity index (χ3v) is 3.55. The molecule has 0 spiro atoms. The maximum atomic E-state index is 11.8. The van der Waals surface area contributed by atoms with Crippen molar-refractivity contribution in [2.24, 2.45) is 5.92 Å². The summed E-state index contributed by atoms with van der Waals surface area (Å²) in [6.45, 7) is 6.83. The Morgan fingerprint density at radius 1 is 1.50 bits per heavy atom. The van der Waals surface area contributed by atoms with E-state index in [0.717, 1.165) is 6.42 Å². The van der Waals surface area contributed by atoms with E-state index in [1.54, 1.807) is 0 Å². The van der Waals surface area contributed by atoms with Gasteiger partial charge in [0.1, 0.15) is 6.10 Å². The zero-order valence-corrected chi connectivity index (χ0v) is 10.5. The van der Waals surface area contributed by atoms with Crippen LogP contribution in [0.25, 0.3) is 0 Å². The van der Waals surface area contributed by atoms with Crippen molar-refractivity contribution in [3.8, 4) is 0 Å². The summed E-state index contributed by atoms with van der Waals surface area (Å²) in [6, 6.07) is 0. The van der Waals surface area contributed by atoms with Crippen LogP contribution in [0.4, 0.5) is 0 Å². The third-order valence-electron chi connectivity index (χ3n) is 3.55. The van der Waals surface area contributed by atoms with Gasteiger partial charge in [-0.25, -0.2) is 0 Å². The van der Waals surface area contributed by atoms with Crippen LogP contribution in [0.5, 0.6) is 0 Å². The summed E-state index contributed by atoms with van der Waals surface area (Å²) in [7, 11) is 0. The molecule has 1 saturated heterocycles. The number of nitrogens with one attached hydrogen (secondary N) is 1. The molecule has 0 saturated carbocycles. The largest absolute Gasteiger partial charge is 0.388 e. The molecule has 16 heavy (non-hydrogen) atoms. The van der Waals surface area contributed by atoms with Gasteiger partial charge in [0.25, 0.3) is 0 Å². The molecule has 0 radical (unpaired) electrons. The van der Waals surface area contributed by atoms with Crippen LogP contribution < -0.4 is 5.32 Å². The van der Waals surface area contributed by atoms with Crippen molar-refractivity contribution >= 4 is 5.91 Å². The molecular formula is C12H23NO3. The number of rotatable bonds is 5. The summed E-state index contributed by atoms with van der Waals surface area (Å²) in [6.07, 6.45) is 1.89. The Balaban J connectivity index is 2.40. The van der Waals surface area contributed by atoms with Crippen LogP contribution in [0.15, 0.2) is 0 Å². The number of hydrogen-bond acceptors (Lipinski definition) is 3. The topological polar surface area (TPSA) is 58.6 Å². The molecule has 2 unspecified atom stereocenters. The molecule has 4 nitrogen and oxygen atoms in total. The molecule has 4 heteroatoms. The molecular weight excluding hydrogens is 206 g/mol. The Morgan fingerprint density at radius 2 is 2.12 bits per heavy atom. The van der Waals surface area contributed by atoms with E-state index in [0.29, 0.717) is 26.0 Å². The number of amides is 1. The van der Waals surface area contributed by atoms with Crippen molar-refractivity contribution in [3.63, 3.8) is 0 Å². The molecule has 1 heterocycles. The Bertz CT molecular complexity index is 238. The highest BCUT2D eigenvalue weighted by molar-refractivity contribution is 5.81. The van der Waals surface area contributed by atoms with Crippen molar-refractivity contribution in [1.82, 2.24) is 5.32 Å². The zero-order valence-electron chi connectivity index (χ0n) is 10.5. The van der Waals surface area contributed by atoms with Crippen molar-refractivity contribution in [2.45, 2.75) is 51.7 Å². The number of ether oxygens (including phenoxy) is 1. The summed E-state index contributed by atoms with van der Waals surface area (Å²) in [5.41, 5.74) is -0.780. The van der Waals surface area contributed by atoms with Crippen LogP contribution in [-0.4, -0.2) is 35.9 Å². The molecule has 0 aromatic heterocycles. The summed E-state index contributed by atoms with van der Waals surface area (Å²) >= 11 is 0. The van der Waals surface area contributed by atoms with Gasteiger partial charge in [-0.05, 0) is 25.2 Å². The van der Waals surface area contributed by atoms with Crippen LogP contribution >= 0.6 is 0 Å². The standard InChI is InChI=1S/C12H23NO3/c1-4-12(15,5-2)8-13-11(14)10-9(3)6-7-16-10/h9-10,15H,4-8H2,1-3H3,(H,13,14). The first-order valence-electron chi connectivity index (χ1n) is 6.14. The monoisotopic (exact) mass is 229 g/mol. The van der Waals surface area contributed by atoms with Gasteiger partial charge < -0.3 is 15.2 Å². The quantitative estimate of drug-likeness (QED) is 0.741. The first kappa shape index (κ1) is 13.5. The molecule has 1 fully saturated rings. The van der Waals surface area contributed by atoms with E-state index < -0.39 is 5.60 Å². The normalized spacial score (nSPS) is 25.8. The summed E-state index contributed by atoms with van der Waals surface area (Å²) in [4.78, 5) is 11.8. The lowest BCUT2D eigenvalue weighted by atomic mass is 9.97. The number of carbonyl (C=O) groups excluding carboxylic acids is 1. The molecule has 2 atom stereocenters. The molecule has 1 amide bonds. The van der Waals surface area contributed by atoms with Crippen LogP contribution in [-0.2, 0) is 9.53 Å². The Morgan fingerprint density at radius 3 is 2.56 bits per heavy atom. The fourth-order valence-electron chi connectivity index (χ4n) is 1.88. The summed E-state index contributed by atoms with van der Waals surface area (Å²) in [5, 5.41) is 12.8. The van der Waals surface area contributed by atoms with Crippen LogP contribution in [0.1, 0.15) is 40.0 Å². The maximum absolute atomic E-state index is 11.8. The van der Waals surface area contributed by atoms with Crippen molar-refractivity contribution in [3.05, 3.63) is 0 Å². The minimum absolute atomic E-state index is 0.0923. The minimum Gasteiger partial charge on any atom is -0.388 e. The second-order valence-electron chi connectivity index (χ2n) is 4.71. The lowest BCUT2D eigenvalue weighted by Gasteiger charge is -2.26. The summed E-state index contributed by atoms with van der Waals surface area (Å²) in [5.74, 6) is 0.182. The first-order chi connectivity index (χ1) is 7.52. The van der Waals surface area contributed by atoms with Gasteiger partial charge in [-0.1, -0.05) is 20.8 Å². The smallest absolute Gasteiger partial charge is 0.249 e. The lowest BCUT2D eigenvalue weighted by Crippen LogP contribution is -2.46. The fourth-order valence-corrected chi connectivity index (χ4v) is 1.88. The molecule has 1 aliphatic rings. The predicted octanol–water partition coefficient (Wildman–Crippen LogP) is 1.08. The molecule has 0 aromatic carbocycles. The predicted molar refractivity (Wildman–Crippen MR) is 62.1 cm³/mol. The average molecular weight is 229 g/mol. The molecule has 0 bridgehead atoms. The van der Waals surface area contributed by atoms with Gasteiger partial charge in [0.2, 0.25) is 5.91 Å². The molecule has 0 aliphatic carbocycles. The second kappa shape index (κ2) is 5.64. The first-order valence-corrected chi connectivity index (χ1v) is 6.14. The van der Waals surface area contributed by atoms with Crippen LogP contribution in [0, 0.1) is 5.92 Å². The molecule has 1 aliphatic heterocycles. The highest BCUT2D eigenvalue weighted by Crippen LogP contribution is 2.20. The van der Waals surface area contributed by atoms with E-state index >= 15 is 0 Å². The van der Waals surface area contributed by atoms with Gasteiger partial charge >= 0.3 is 0 Å². The summed E-state index contributed by atoms with van der Waals surface area (Å²) < 4.78 is 5.37. The third kappa shape index (κ3) is 3.19. The molecule has 94 valence electrons. The van der Waals surface area contributed by atoms with Gasteiger partial charge in [-0.2, -0.15) is 0 Å². The van der Waals surface area contributed by atoms with Gasteiger partial charge in [-0.3, -0.25) is 4.79 Å². The van der Waals surface area contributed by atoms with E-state index in [4.69, 9.17) is 4.74 Å². The lowest BCUT2D eigenvalue weighted by molar-refractivity contribution is -0.132. The Labute approximate surface area is 97.4 Å². The van der Waals surface area contributed by atoms with E-state index in [1.807, 2.05) is 20.8 Å². The van der Waals surface area contributed by atoms with E-state index in [1.165, 1.54) is 0 Å². The second-order valence-corrected chi connectivity index (χ2v) is 4.71. The van der Waals surface area contributed by atoms with Gasteiger partial charge in [0.05, 0.1) is 5.60 Å². The number of aliphatic hydroxyl groups is 1. The number of hydrogen-bond donors (Lipinski definition) is 2. The maximum Gasteiger partial charge on any atom is 0.249 e. The molecule has 0 aromatic rings. The fraction of sp³-hybridized carbons (Fsp3) is 0.917. The van der Waals surface area contributed by atoms with Gasteiger partial charge in [0.15, 0.2) is 0 Å². The van der Waals surface area contributed by atoms with E-state index in [2.05, 4.69) is 5.32 Å². The van der Waals surface area contributed by atoms with Gasteiger partial charge in [0, 0.05) is 13.2 Å². The van der Waals surface area contributed by atoms with Gasteiger partial charge in [-0.15, -0.1) is 0 Å². The molecule has 1 rings (SSSR count). The highest BCUT2D eigenvalue weighted by atomic mass is 16.5. The zero-order chi connectivity index (χ0) is 12.2. The SMILES string of the molecule is CCC(O)(CC)CNC(=O)C1OCCC1C. The average Bonchev–Trinajstić information content (AvgIpc) is 2.72. The Hall–Kier alpha value is -0.610. The van der Waals surface area contributed by atoms with Crippen LogP contribution in [0.3, 0.4) is 0 Å². The van der Waals surface area contributed by atoms with E-state index in [-0.39, 0.29) is 17.9 Å². The van der Waals surface area contributed by atoms with Crippen molar-refractivity contribution in [2.75, 3.05) is 13.2 Å². The molecule has 2 N–H and O–H groups in total. The van der Waals surface area contributed by atoms with Crippen molar-refractivity contribution < 1.29 is 14.6 Å². The highest BCUT2D eigenvalue weighted by Gasteiger charge is 2.32. The van der Waals surface area contributed by atoms with E-state index in [9.17, 15) is 9.90 Å². The Kier molecular flexibility index (Phi) is 4.74. The number of carbonyl (C=O) groups is 1. The van der Waals surface area contributed by atoms with Crippen LogP contribution in [0.2, 0.25) is 0 Å².